The van der Waals surface area contributed by atoms with E-state index < -0.39 is 11.3 Å². The first-order valence-electron chi connectivity index (χ1n) is 8.04. The fourth-order valence-corrected chi connectivity index (χ4v) is 3.25. The summed E-state index contributed by atoms with van der Waals surface area (Å²) in [6.45, 7) is 1.71. The van der Waals surface area contributed by atoms with Gasteiger partial charge in [-0.05, 0) is 36.8 Å². The molecule has 3 rings (SSSR count). The molecule has 0 spiro atoms. The van der Waals surface area contributed by atoms with Gasteiger partial charge in [-0.2, -0.15) is 0 Å². The summed E-state index contributed by atoms with van der Waals surface area (Å²) in [7, 11) is 1.55. The first-order valence-corrected chi connectivity index (χ1v) is 8.04. The number of aldehydes is 1. The standard InChI is InChI=1S/C20H19NO4/c1-20(13-22,14-6-4-3-5-7-14)17-12-18(23)21(19(17)24)15-8-10-16(25-2)11-9-15/h3-11,13,17H,12H2,1-2H3. The number of carbonyl (C=O) groups excluding carboxylic acids is 3. The molecule has 5 nitrogen and oxygen atoms in total. The van der Waals surface area contributed by atoms with Gasteiger partial charge in [0.05, 0.1) is 24.1 Å². The third-order valence-corrected chi connectivity index (χ3v) is 4.84. The average Bonchev–Trinajstić information content (AvgIpc) is 2.96. The number of carbonyl (C=O) groups is 3. The van der Waals surface area contributed by atoms with Crippen LogP contribution in [0.5, 0.6) is 5.75 Å². The minimum atomic E-state index is -1.05. The van der Waals surface area contributed by atoms with Gasteiger partial charge >= 0.3 is 0 Å². The SMILES string of the molecule is COc1ccc(N2C(=O)CC(C(C)(C=O)c3ccccc3)C2=O)cc1. The van der Waals surface area contributed by atoms with Crippen LogP contribution >= 0.6 is 0 Å². The number of nitrogens with zero attached hydrogens (tertiary/aromatic N) is 1. The first kappa shape index (κ1) is 16.9. The molecule has 0 radical (unpaired) electrons. The zero-order valence-electron chi connectivity index (χ0n) is 14.1. The monoisotopic (exact) mass is 337 g/mol. The molecule has 2 aromatic rings. The molecule has 2 amide bonds. The summed E-state index contributed by atoms with van der Waals surface area (Å²) in [6.07, 6.45) is 0.782. The highest BCUT2D eigenvalue weighted by Gasteiger charge is 2.50. The molecule has 0 aliphatic carbocycles. The number of methoxy groups -OCH3 is 1. The van der Waals surface area contributed by atoms with Crippen LogP contribution in [0, 0.1) is 5.92 Å². The predicted molar refractivity (Wildman–Crippen MR) is 93.5 cm³/mol. The van der Waals surface area contributed by atoms with E-state index in [2.05, 4.69) is 0 Å². The number of imide groups is 1. The van der Waals surface area contributed by atoms with Crippen molar-refractivity contribution in [3.63, 3.8) is 0 Å². The second-order valence-electron chi connectivity index (χ2n) is 6.29. The van der Waals surface area contributed by atoms with E-state index in [1.54, 1.807) is 38.3 Å². The van der Waals surface area contributed by atoms with Gasteiger partial charge in [-0.3, -0.25) is 14.5 Å². The van der Waals surface area contributed by atoms with Crippen LogP contribution in [0.15, 0.2) is 54.6 Å². The van der Waals surface area contributed by atoms with E-state index in [4.69, 9.17) is 4.74 Å². The van der Waals surface area contributed by atoms with Crippen LogP contribution in [0.1, 0.15) is 18.9 Å². The molecule has 0 N–H and O–H groups in total. The van der Waals surface area contributed by atoms with Crippen molar-refractivity contribution in [3.05, 3.63) is 60.2 Å². The molecule has 1 fully saturated rings. The second kappa shape index (κ2) is 6.51. The molecule has 1 aliphatic rings. The van der Waals surface area contributed by atoms with Crippen molar-refractivity contribution in [1.29, 1.82) is 0 Å². The minimum Gasteiger partial charge on any atom is -0.497 e. The smallest absolute Gasteiger partial charge is 0.238 e. The maximum atomic E-state index is 13.0. The van der Waals surface area contributed by atoms with E-state index in [0.29, 0.717) is 11.4 Å². The molecule has 5 heteroatoms. The van der Waals surface area contributed by atoms with Gasteiger partial charge in [0.2, 0.25) is 11.8 Å². The van der Waals surface area contributed by atoms with Gasteiger partial charge in [0.15, 0.2) is 0 Å². The quantitative estimate of drug-likeness (QED) is 0.622. The highest BCUT2D eigenvalue weighted by atomic mass is 16.5. The fraction of sp³-hybridized carbons (Fsp3) is 0.250. The summed E-state index contributed by atoms with van der Waals surface area (Å²) < 4.78 is 5.10. The highest BCUT2D eigenvalue weighted by Crippen LogP contribution is 2.39. The summed E-state index contributed by atoms with van der Waals surface area (Å²) in [4.78, 5) is 38.5. The lowest BCUT2D eigenvalue weighted by Gasteiger charge is -2.29. The van der Waals surface area contributed by atoms with E-state index in [-0.39, 0.29) is 18.2 Å². The summed E-state index contributed by atoms with van der Waals surface area (Å²) in [5.41, 5.74) is 0.169. The van der Waals surface area contributed by atoms with Crippen molar-refractivity contribution in [2.24, 2.45) is 5.92 Å². The summed E-state index contributed by atoms with van der Waals surface area (Å²) in [5.74, 6) is -0.735. The van der Waals surface area contributed by atoms with Gasteiger partial charge < -0.3 is 9.53 Å². The van der Waals surface area contributed by atoms with Crippen molar-refractivity contribution in [1.82, 2.24) is 0 Å². The predicted octanol–water partition coefficient (Wildman–Crippen LogP) is 2.73. The molecule has 128 valence electrons. The van der Waals surface area contributed by atoms with E-state index in [1.165, 1.54) is 0 Å². The Kier molecular flexibility index (Phi) is 4.40. The molecule has 0 aromatic heterocycles. The van der Waals surface area contributed by atoms with Crippen LogP contribution < -0.4 is 9.64 Å². The largest absolute Gasteiger partial charge is 0.497 e. The Morgan fingerprint density at radius 1 is 1.08 bits per heavy atom. The number of ether oxygens (including phenoxy) is 1. The molecule has 2 atom stereocenters. The Labute approximate surface area is 146 Å². The molecular formula is C20H19NO4. The van der Waals surface area contributed by atoms with Crippen molar-refractivity contribution in [3.8, 4) is 5.75 Å². The van der Waals surface area contributed by atoms with Crippen LogP contribution in [0.4, 0.5) is 5.69 Å². The molecule has 2 unspecified atom stereocenters. The van der Waals surface area contributed by atoms with Crippen LogP contribution in [0.2, 0.25) is 0 Å². The number of hydrogen-bond donors (Lipinski definition) is 0. The molecule has 0 saturated carbocycles. The lowest BCUT2D eigenvalue weighted by molar-refractivity contribution is -0.126. The number of rotatable bonds is 5. The van der Waals surface area contributed by atoms with Crippen molar-refractivity contribution in [2.45, 2.75) is 18.8 Å². The van der Waals surface area contributed by atoms with Gasteiger partial charge in [0.25, 0.3) is 0 Å². The number of anilines is 1. The fourth-order valence-electron chi connectivity index (χ4n) is 3.25. The minimum absolute atomic E-state index is 0.00893. The van der Waals surface area contributed by atoms with Crippen molar-refractivity contribution >= 4 is 23.8 Å². The Bertz CT molecular complexity index is 800. The Balaban J connectivity index is 1.96. The van der Waals surface area contributed by atoms with E-state index >= 15 is 0 Å². The zero-order chi connectivity index (χ0) is 18.0. The summed E-state index contributed by atoms with van der Waals surface area (Å²) in [6, 6.07) is 15.8. The average molecular weight is 337 g/mol. The number of amides is 2. The third kappa shape index (κ3) is 2.82. The van der Waals surface area contributed by atoms with Gasteiger partial charge in [0.1, 0.15) is 12.0 Å². The molecule has 0 bridgehead atoms. The maximum absolute atomic E-state index is 13.0. The lowest BCUT2D eigenvalue weighted by atomic mass is 9.72. The molecule has 1 saturated heterocycles. The zero-order valence-corrected chi connectivity index (χ0v) is 14.1. The molecule has 1 aliphatic heterocycles. The molecular weight excluding hydrogens is 318 g/mol. The van der Waals surface area contributed by atoms with Gasteiger partial charge in [-0.25, -0.2) is 0 Å². The Hall–Kier alpha value is -2.95. The van der Waals surface area contributed by atoms with E-state index in [1.807, 2.05) is 30.3 Å². The van der Waals surface area contributed by atoms with Crippen LogP contribution in [0.3, 0.4) is 0 Å². The maximum Gasteiger partial charge on any atom is 0.238 e. The van der Waals surface area contributed by atoms with Gasteiger partial charge in [-0.15, -0.1) is 0 Å². The van der Waals surface area contributed by atoms with Crippen LogP contribution in [-0.4, -0.2) is 25.2 Å². The van der Waals surface area contributed by atoms with E-state index in [0.717, 1.165) is 16.7 Å². The van der Waals surface area contributed by atoms with Gasteiger partial charge in [-0.1, -0.05) is 30.3 Å². The lowest BCUT2D eigenvalue weighted by Crippen LogP contribution is -2.40. The molecule has 1 heterocycles. The van der Waals surface area contributed by atoms with Crippen LogP contribution in [0.25, 0.3) is 0 Å². The summed E-state index contributed by atoms with van der Waals surface area (Å²) in [5, 5.41) is 0. The number of benzene rings is 2. The Morgan fingerprint density at radius 2 is 1.72 bits per heavy atom. The third-order valence-electron chi connectivity index (χ3n) is 4.84. The normalized spacial score (nSPS) is 19.6. The topological polar surface area (TPSA) is 63.7 Å². The summed E-state index contributed by atoms with van der Waals surface area (Å²) >= 11 is 0. The highest BCUT2D eigenvalue weighted by molar-refractivity contribution is 6.22. The van der Waals surface area contributed by atoms with Crippen molar-refractivity contribution < 1.29 is 19.1 Å². The second-order valence-corrected chi connectivity index (χ2v) is 6.29. The number of hydrogen-bond acceptors (Lipinski definition) is 4. The van der Waals surface area contributed by atoms with Crippen LogP contribution in [-0.2, 0) is 19.8 Å². The van der Waals surface area contributed by atoms with Crippen molar-refractivity contribution in [2.75, 3.05) is 12.0 Å². The first-order chi connectivity index (χ1) is 12.0. The van der Waals surface area contributed by atoms with Gasteiger partial charge in [0, 0.05) is 6.42 Å². The molecule has 2 aromatic carbocycles. The molecule has 25 heavy (non-hydrogen) atoms. The van der Waals surface area contributed by atoms with E-state index in [9.17, 15) is 14.4 Å². The Morgan fingerprint density at radius 3 is 2.28 bits per heavy atom.